The van der Waals surface area contributed by atoms with Gasteiger partial charge in [-0.25, -0.2) is 0 Å². The molecule has 0 radical (unpaired) electrons. The first-order valence-electron chi connectivity index (χ1n) is 6.98. The molecule has 0 saturated carbocycles. The Labute approximate surface area is 123 Å². The molecular weight excluding hydrogens is 268 g/mol. The van der Waals surface area contributed by atoms with Crippen LogP contribution in [-0.2, 0) is 11.3 Å². The summed E-state index contributed by atoms with van der Waals surface area (Å²) in [5.41, 5.74) is -0.328. The van der Waals surface area contributed by atoms with Crippen LogP contribution >= 0.6 is 0 Å². The molecule has 1 aromatic carbocycles. The Morgan fingerprint density at radius 3 is 2.76 bits per heavy atom. The van der Waals surface area contributed by atoms with Crippen LogP contribution in [0.5, 0.6) is 0 Å². The van der Waals surface area contributed by atoms with Crippen molar-refractivity contribution in [2.75, 3.05) is 5.32 Å². The van der Waals surface area contributed by atoms with E-state index in [1.54, 1.807) is 10.9 Å². The number of anilines is 1. The average molecular weight is 288 g/mol. The largest absolute Gasteiger partial charge is 0.380 e. The van der Waals surface area contributed by atoms with Crippen LogP contribution in [0.25, 0.3) is 0 Å². The summed E-state index contributed by atoms with van der Waals surface area (Å²) in [5.74, 6) is -0.133. The Bertz CT molecular complexity index is 593. The van der Waals surface area contributed by atoms with Crippen LogP contribution in [0.15, 0.2) is 36.7 Å². The van der Waals surface area contributed by atoms with E-state index in [-0.39, 0.29) is 0 Å². The van der Waals surface area contributed by atoms with Crippen LogP contribution in [0.1, 0.15) is 32.3 Å². The summed E-state index contributed by atoms with van der Waals surface area (Å²) >= 11 is 0. The number of carbonyl (C=O) groups excluding carboxylic acids is 1. The number of aliphatic hydroxyl groups is 1. The maximum Gasteiger partial charge on any atom is 0.258 e. The first-order chi connectivity index (χ1) is 10.0. The Balaban J connectivity index is 2.09. The highest BCUT2D eigenvalue weighted by molar-refractivity contribution is 5.95. The van der Waals surface area contributed by atoms with E-state index in [9.17, 15) is 9.90 Å². The molecule has 1 atom stereocenters. The summed E-state index contributed by atoms with van der Waals surface area (Å²) < 4.78 is 1.73. The van der Waals surface area contributed by atoms with Crippen molar-refractivity contribution in [3.8, 4) is 0 Å². The first-order valence-corrected chi connectivity index (χ1v) is 6.98. The summed E-state index contributed by atoms with van der Waals surface area (Å²) in [7, 11) is 0. The minimum atomic E-state index is -1.40. The Morgan fingerprint density at radius 1 is 1.38 bits per heavy atom. The second-order valence-corrected chi connectivity index (χ2v) is 5.25. The highest BCUT2D eigenvalue weighted by Gasteiger charge is 2.30. The lowest BCUT2D eigenvalue weighted by atomic mass is 10.00. The molecule has 1 heterocycles. The zero-order chi connectivity index (χ0) is 15.3. The highest BCUT2D eigenvalue weighted by Crippen LogP contribution is 2.15. The van der Waals surface area contributed by atoms with Gasteiger partial charge in [-0.2, -0.15) is 0 Å². The number of hydrogen-bond acceptors (Lipinski definition) is 4. The van der Waals surface area contributed by atoms with Gasteiger partial charge in [0, 0.05) is 0 Å². The lowest BCUT2D eigenvalue weighted by molar-refractivity contribution is -0.133. The zero-order valence-electron chi connectivity index (χ0n) is 12.3. The predicted octanol–water partition coefficient (Wildman–Crippen LogP) is 1.82. The molecule has 0 aliphatic heterocycles. The Morgan fingerprint density at radius 2 is 2.10 bits per heavy atom. The Kier molecular flexibility index (Phi) is 4.70. The van der Waals surface area contributed by atoms with Gasteiger partial charge in [0.2, 0.25) is 5.95 Å². The molecular formula is C15H20N4O2. The molecule has 0 aliphatic rings. The molecule has 0 saturated heterocycles. The number of benzene rings is 1. The quantitative estimate of drug-likeness (QED) is 0.849. The molecule has 112 valence electrons. The first kappa shape index (κ1) is 15.2. The molecule has 1 aromatic heterocycles. The average Bonchev–Trinajstić information content (AvgIpc) is 2.87. The number of nitrogens with one attached hydrogen (secondary N) is 1. The van der Waals surface area contributed by atoms with Crippen molar-refractivity contribution >= 4 is 11.9 Å². The summed E-state index contributed by atoms with van der Waals surface area (Å²) in [5, 5.41) is 20.4. The van der Waals surface area contributed by atoms with Gasteiger partial charge in [-0.05, 0) is 18.9 Å². The number of nitrogens with zero attached hydrogens (tertiary/aromatic N) is 3. The van der Waals surface area contributed by atoms with Gasteiger partial charge >= 0.3 is 0 Å². The van der Waals surface area contributed by atoms with Crippen molar-refractivity contribution in [2.45, 2.75) is 38.8 Å². The van der Waals surface area contributed by atoms with Gasteiger partial charge in [0.1, 0.15) is 11.9 Å². The van der Waals surface area contributed by atoms with Gasteiger partial charge in [0.15, 0.2) is 0 Å². The predicted molar refractivity (Wildman–Crippen MR) is 79.7 cm³/mol. The van der Waals surface area contributed by atoms with E-state index in [0.29, 0.717) is 18.9 Å². The molecule has 2 rings (SSSR count). The summed E-state index contributed by atoms with van der Waals surface area (Å²) in [4.78, 5) is 12.1. The third-order valence-electron chi connectivity index (χ3n) is 3.26. The van der Waals surface area contributed by atoms with E-state index < -0.39 is 11.5 Å². The fourth-order valence-corrected chi connectivity index (χ4v) is 2.08. The molecule has 2 N–H and O–H groups in total. The monoisotopic (exact) mass is 288 g/mol. The van der Waals surface area contributed by atoms with E-state index in [1.165, 1.54) is 6.92 Å². The van der Waals surface area contributed by atoms with Crippen molar-refractivity contribution < 1.29 is 9.90 Å². The molecule has 0 bridgehead atoms. The van der Waals surface area contributed by atoms with Gasteiger partial charge in [-0.1, -0.05) is 43.7 Å². The van der Waals surface area contributed by atoms with Crippen LogP contribution in [0.2, 0.25) is 0 Å². The summed E-state index contributed by atoms with van der Waals surface area (Å²) in [6.07, 6.45) is 2.67. The maximum absolute atomic E-state index is 12.1. The highest BCUT2D eigenvalue weighted by atomic mass is 16.3. The van der Waals surface area contributed by atoms with E-state index in [2.05, 4.69) is 15.5 Å². The van der Waals surface area contributed by atoms with Crippen LogP contribution in [-0.4, -0.2) is 31.4 Å². The normalized spacial score (nSPS) is 13.7. The minimum absolute atomic E-state index is 0.334. The number of aromatic nitrogens is 3. The number of carbonyl (C=O) groups is 1. The van der Waals surface area contributed by atoms with E-state index in [0.717, 1.165) is 12.0 Å². The number of hydrogen-bond donors (Lipinski definition) is 2. The van der Waals surface area contributed by atoms with Crippen LogP contribution in [0.4, 0.5) is 5.95 Å². The van der Waals surface area contributed by atoms with Crippen molar-refractivity contribution in [2.24, 2.45) is 0 Å². The van der Waals surface area contributed by atoms with Gasteiger partial charge in [-0.15, -0.1) is 10.2 Å². The molecule has 0 spiro atoms. The SMILES string of the molecule is CCCC(C)(O)C(=O)Nc1nncn1Cc1ccccc1. The molecule has 2 aromatic rings. The fraction of sp³-hybridized carbons (Fsp3) is 0.400. The zero-order valence-corrected chi connectivity index (χ0v) is 12.3. The summed E-state index contributed by atoms with van der Waals surface area (Å²) in [6, 6.07) is 9.81. The molecule has 1 unspecified atom stereocenters. The van der Waals surface area contributed by atoms with Gasteiger partial charge in [0.25, 0.3) is 5.91 Å². The van der Waals surface area contributed by atoms with Gasteiger partial charge in [0.05, 0.1) is 6.54 Å². The summed E-state index contributed by atoms with van der Waals surface area (Å²) in [6.45, 7) is 3.97. The topological polar surface area (TPSA) is 80.0 Å². The van der Waals surface area contributed by atoms with E-state index in [4.69, 9.17) is 0 Å². The maximum atomic E-state index is 12.1. The smallest absolute Gasteiger partial charge is 0.258 e. The standard InChI is InChI=1S/C15H20N4O2/c1-3-9-15(2,21)13(20)17-14-18-16-11-19(14)10-12-7-5-4-6-8-12/h4-8,11,21H,3,9-10H2,1-2H3,(H,17,18,20). The second-order valence-electron chi connectivity index (χ2n) is 5.25. The van der Waals surface area contributed by atoms with E-state index in [1.807, 2.05) is 37.3 Å². The third kappa shape index (κ3) is 3.88. The molecule has 0 fully saturated rings. The molecule has 21 heavy (non-hydrogen) atoms. The van der Waals surface area contributed by atoms with Crippen molar-refractivity contribution in [3.63, 3.8) is 0 Å². The lowest BCUT2D eigenvalue weighted by Crippen LogP contribution is -2.40. The molecule has 6 nitrogen and oxygen atoms in total. The Hall–Kier alpha value is -2.21. The van der Waals surface area contributed by atoms with Crippen molar-refractivity contribution in [3.05, 3.63) is 42.2 Å². The van der Waals surface area contributed by atoms with E-state index >= 15 is 0 Å². The molecule has 1 amide bonds. The van der Waals surface area contributed by atoms with Crippen molar-refractivity contribution in [1.29, 1.82) is 0 Å². The lowest BCUT2D eigenvalue weighted by Gasteiger charge is -2.21. The minimum Gasteiger partial charge on any atom is -0.380 e. The number of rotatable bonds is 6. The van der Waals surface area contributed by atoms with Gasteiger partial charge < -0.3 is 5.11 Å². The third-order valence-corrected chi connectivity index (χ3v) is 3.26. The second kappa shape index (κ2) is 6.49. The van der Waals surface area contributed by atoms with Crippen LogP contribution in [0, 0.1) is 0 Å². The molecule has 0 aliphatic carbocycles. The van der Waals surface area contributed by atoms with Crippen molar-refractivity contribution in [1.82, 2.24) is 14.8 Å². The van der Waals surface area contributed by atoms with Crippen LogP contribution < -0.4 is 5.32 Å². The van der Waals surface area contributed by atoms with Gasteiger partial charge in [-0.3, -0.25) is 14.7 Å². The number of amides is 1. The van der Waals surface area contributed by atoms with Crippen LogP contribution in [0.3, 0.4) is 0 Å². The fourth-order valence-electron chi connectivity index (χ4n) is 2.08. The molecule has 6 heteroatoms.